The van der Waals surface area contributed by atoms with E-state index >= 15 is 0 Å². The minimum absolute atomic E-state index is 0. The summed E-state index contributed by atoms with van der Waals surface area (Å²) in [5.74, 6) is 0. The molecule has 9 aromatic rings. The lowest BCUT2D eigenvalue weighted by Crippen LogP contribution is -2.21. The third kappa shape index (κ3) is 11.8. The quantitative estimate of drug-likeness (QED) is 0.0999. The van der Waals surface area contributed by atoms with Crippen LogP contribution in [0.25, 0.3) is 0 Å². The Balaban J connectivity index is 0.000000203. The van der Waals surface area contributed by atoms with Gasteiger partial charge in [-0.2, -0.15) is 0 Å². The zero-order chi connectivity index (χ0) is 41.5. The highest BCUT2D eigenvalue weighted by molar-refractivity contribution is 7.20. The van der Waals surface area contributed by atoms with Gasteiger partial charge in [0.05, 0.1) is 15.5 Å². The molecule has 0 bridgehead atoms. The first-order chi connectivity index (χ1) is 29.4. The van der Waals surface area contributed by atoms with Crippen LogP contribution in [0.3, 0.4) is 0 Å². The zero-order valence-corrected chi connectivity index (χ0v) is 40.9. The molecule has 0 fully saturated rings. The monoisotopic (exact) mass is 936 g/mol. The van der Waals surface area contributed by atoms with Gasteiger partial charge in [-0.25, -0.2) is 0 Å². The first kappa shape index (κ1) is 50.8. The van der Waals surface area contributed by atoms with Gasteiger partial charge in [-0.1, -0.05) is 273 Å². The highest BCUT2D eigenvalue weighted by Gasteiger charge is 2.33. The molecule has 0 N–H and O–H groups in total. The molecule has 3 unspecified atom stereocenters. The summed E-state index contributed by atoms with van der Waals surface area (Å²) in [6.45, 7) is 0. The van der Waals surface area contributed by atoms with E-state index in [1.165, 1.54) is 50.1 Å². The molecule has 6 heteroatoms. The molecule has 0 aromatic heterocycles. The molecule has 0 radical (unpaired) electrons. The van der Waals surface area contributed by atoms with Crippen molar-refractivity contribution in [2.45, 2.75) is 15.5 Å². The van der Waals surface area contributed by atoms with Gasteiger partial charge in [0.15, 0.2) is 0 Å². The van der Waals surface area contributed by atoms with Gasteiger partial charge in [-0.3, -0.25) is 0 Å². The summed E-state index contributed by atoms with van der Waals surface area (Å²) in [7, 11) is 9.18. The second-order valence-electron chi connectivity index (χ2n) is 14.7. The maximum atomic E-state index is 3.06. The summed E-state index contributed by atoms with van der Waals surface area (Å²) in [4.78, 5) is 0. The van der Waals surface area contributed by atoms with E-state index < -0.39 is 0 Å². The summed E-state index contributed by atoms with van der Waals surface area (Å²) in [6.07, 6.45) is 0. The van der Waals surface area contributed by atoms with Crippen molar-refractivity contribution < 1.29 is 0 Å². The van der Waals surface area contributed by atoms with Crippen molar-refractivity contribution in [2.24, 2.45) is 0 Å². The second kappa shape index (κ2) is 24.8. The minimum Gasteiger partial charge on any atom is -0.147 e. The van der Waals surface area contributed by atoms with Crippen molar-refractivity contribution in [3.05, 3.63) is 323 Å². The molecule has 0 heterocycles. The van der Waals surface area contributed by atoms with E-state index in [0.717, 1.165) is 0 Å². The van der Waals surface area contributed by atoms with Crippen LogP contribution in [0.2, 0.25) is 0 Å². The molecule has 3 atom stereocenters. The van der Waals surface area contributed by atoms with E-state index in [2.05, 4.69) is 301 Å². The number of hydrogen-bond donors (Lipinski definition) is 0. The predicted molar refractivity (Wildman–Crippen MR) is 288 cm³/mol. The van der Waals surface area contributed by atoms with Crippen molar-refractivity contribution in [1.29, 1.82) is 0 Å². The van der Waals surface area contributed by atoms with Gasteiger partial charge in [0.1, 0.15) is 0 Å². The molecule has 0 spiro atoms. The zero-order valence-electron chi connectivity index (χ0n) is 34.9. The molecule has 0 amide bonds. The number of hydrogen-bond acceptors (Lipinski definition) is 0. The van der Waals surface area contributed by atoms with Crippen molar-refractivity contribution >= 4 is 64.9 Å². The molecule has 9 aromatic carbocycles. The second-order valence-corrected chi connectivity index (χ2v) is 17.3. The summed E-state index contributed by atoms with van der Waals surface area (Å²) in [5.41, 5.74) is 11.5. The van der Waals surface area contributed by atoms with Crippen LogP contribution in [-0.2, 0) is 15.5 Å². The molecule has 9 rings (SSSR count). The molecule has 63 heavy (non-hydrogen) atoms. The van der Waals surface area contributed by atoms with Gasteiger partial charge in [0, 0.05) is 0 Å². The summed E-state index contributed by atoms with van der Waals surface area (Å²) in [5, 5.41) is -0.614. The fourth-order valence-corrected chi connectivity index (χ4v) is 9.54. The Kier molecular flexibility index (Phi) is 20.0. The van der Waals surface area contributed by atoms with E-state index in [1.807, 2.05) is 0 Å². The first-order valence-corrected chi connectivity index (χ1v) is 22.0. The molecule has 318 valence electrons. The van der Waals surface area contributed by atoms with Crippen LogP contribution in [0, 0.1) is 0 Å². The van der Waals surface area contributed by atoms with Crippen molar-refractivity contribution in [3.8, 4) is 0 Å². The van der Waals surface area contributed by atoms with Gasteiger partial charge in [0.2, 0.25) is 0 Å². The third-order valence-corrected chi connectivity index (χ3v) is 14.1. The van der Waals surface area contributed by atoms with Crippen molar-refractivity contribution in [2.75, 3.05) is 0 Å². The summed E-state index contributed by atoms with van der Waals surface area (Å²) in [6, 6.07) is 95.7. The Labute approximate surface area is 400 Å². The lowest BCUT2D eigenvalue weighted by molar-refractivity contribution is 0.897. The lowest BCUT2D eigenvalue weighted by Gasteiger charge is -2.31. The topological polar surface area (TPSA) is 0 Å². The maximum absolute atomic E-state index is 3.06. The van der Waals surface area contributed by atoms with E-state index in [1.54, 1.807) is 0 Å². The van der Waals surface area contributed by atoms with Crippen LogP contribution in [0.5, 0.6) is 0 Å². The average Bonchev–Trinajstić information content (AvgIpc) is 3.36. The first-order valence-electron chi connectivity index (χ1n) is 20.3. The van der Waals surface area contributed by atoms with Gasteiger partial charge < -0.3 is 0 Å². The lowest BCUT2D eigenvalue weighted by atomic mass is 9.84. The number of halogens is 3. The van der Waals surface area contributed by atoms with Crippen LogP contribution in [-0.4, -0.2) is 0 Å². The van der Waals surface area contributed by atoms with Gasteiger partial charge in [0.25, 0.3) is 0 Å². The minimum atomic E-state index is -0.205. The van der Waals surface area contributed by atoms with Gasteiger partial charge in [-0.05, 0) is 50.1 Å². The molecular weight excluding hydrogens is 884 g/mol. The standard InChI is InChI=1S/3C19H17P.3ClH/c3*20-19(16-10-4-1-5-11-16,17-12-6-2-7-13-17)18-14-8-3-9-15-18;;;/h3*1-15H,20H2;3*1H. The Morgan fingerprint density at radius 2 is 0.238 bits per heavy atom. The van der Waals surface area contributed by atoms with Crippen LogP contribution >= 0.6 is 64.9 Å². The van der Waals surface area contributed by atoms with Gasteiger partial charge >= 0.3 is 0 Å². The Morgan fingerprint density at radius 1 is 0.159 bits per heavy atom. The van der Waals surface area contributed by atoms with Crippen LogP contribution < -0.4 is 0 Å². The van der Waals surface area contributed by atoms with Crippen LogP contribution in [0.15, 0.2) is 273 Å². The smallest absolute Gasteiger partial charge is 0.0591 e. The Morgan fingerprint density at radius 3 is 0.317 bits per heavy atom. The maximum Gasteiger partial charge on any atom is 0.0591 e. The fraction of sp³-hybridized carbons (Fsp3) is 0.0526. The third-order valence-electron chi connectivity index (χ3n) is 11.1. The molecule has 0 saturated carbocycles. The Hall–Kier alpha value is -4.86. The number of benzene rings is 9. The predicted octanol–water partition coefficient (Wildman–Crippen LogP) is 15.8. The number of rotatable bonds is 9. The van der Waals surface area contributed by atoms with Crippen LogP contribution in [0.4, 0.5) is 0 Å². The van der Waals surface area contributed by atoms with E-state index in [0.29, 0.717) is 0 Å². The van der Waals surface area contributed by atoms with E-state index in [9.17, 15) is 0 Å². The molecular formula is C57H54Cl3P3. The SMILES string of the molecule is Cl.Cl.Cl.PC(c1ccccc1)(c1ccccc1)c1ccccc1.PC(c1ccccc1)(c1ccccc1)c1ccccc1.PC(c1ccccc1)(c1ccccc1)c1ccccc1. The molecule has 0 nitrogen and oxygen atoms in total. The molecule has 0 aliphatic carbocycles. The van der Waals surface area contributed by atoms with Crippen molar-refractivity contribution in [1.82, 2.24) is 0 Å². The highest BCUT2D eigenvalue weighted by Crippen LogP contribution is 2.47. The molecule has 0 aliphatic heterocycles. The fourth-order valence-electron chi connectivity index (χ4n) is 7.81. The highest BCUT2D eigenvalue weighted by atomic mass is 35.5. The van der Waals surface area contributed by atoms with E-state index in [4.69, 9.17) is 0 Å². The molecule has 0 saturated heterocycles. The Bertz CT molecular complexity index is 2000. The molecule has 0 aliphatic rings. The largest absolute Gasteiger partial charge is 0.147 e. The van der Waals surface area contributed by atoms with Crippen LogP contribution in [0.1, 0.15) is 50.1 Å². The van der Waals surface area contributed by atoms with Gasteiger partial charge in [-0.15, -0.1) is 64.9 Å². The summed E-state index contributed by atoms with van der Waals surface area (Å²) < 4.78 is 0. The summed E-state index contributed by atoms with van der Waals surface area (Å²) >= 11 is 0. The normalized spacial score (nSPS) is 10.7. The average molecular weight is 938 g/mol. The van der Waals surface area contributed by atoms with Crippen molar-refractivity contribution in [3.63, 3.8) is 0 Å². The van der Waals surface area contributed by atoms with E-state index in [-0.39, 0.29) is 52.7 Å².